The Kier molecular flexibility index (Phi) is 5.93. The van der Waals surface area contributed by atoms with Crippen LogP contribution in [0.3, 0.4) is 0 Å². The van der Waals surface area contributed by atoms with E-state index in [9.17, 15) is 4.79 Å². The number of likely N-dealkylation sites (tertiary alicyclic amines) is 1. The summed E-state index contributed by atoms with van der Waals surface area (Å²) in [5.74, 6) is 0.622. The van der Waals surface area contributed by atoms with Crippen molar-refractivity contribution >= 4 is 23.2 Å². The molecule has 6 nitrogen and oxygen atoms in total. The van der Waals surface area contributed by atoms with Gasteiger partial charge in [-0.25, -0.2) is 4.98 Å². The van der Waals surface area contributed by atoms with Gasteiger partial charge in [-0.1, -0.05) is 23.7 Å². The van der Waals surface area contributed by atoms with E-state index >= 15 is 0 Å². The molecule has 0 aliphatic carbocycles. The molecule has 3 heterocycles. The zero-order valence-electron chi connectivity index (χ0n) is 18.6. The fourth-order valence-corrected chi connectivity index (χ4v) is 4.06. The van der Waals surface area contributed by atoms with Gasteiger partial charge in [0.05, 0.1) is 6.20 Å². The van der Waals surface area contributed by atoms with Crippen LogP contribution in [0.4, 0.5) is 0 Å². The minimum absolute atomic E-state index is 0.00578. The van der Waals surface area contributed by atoms with E-state index in [1.54, 1.807) is 10.7 Å². The van der Waals surface area contributed by atoms with Gasteiger partial charge >= 0.3 is 0 Å². The highest BCUT2D eigenvalue weighted by atomic mass is 35.5. The number of ether oxygens (including phenoxy) is 1. The van der Waals surface area contributed by atoms with Crippen molar-refractivity contribution in [2.45, 2.75) is 59.0 Å². The summed E-state index contributed by atoms with van der Waals surface area (Å²) in [6.45, 7) is 9.55. The topological polar surface area (TPSA) is 59.7 Å². The second-order valence-electron chi connectivity index (χ2n) is 9.15. The number of halogens is 1. The lowest BCUT2D eigenvalue weighted by Gasteiger charge is -2.26. The number of aryl methyl sites for hydroxylation is 1. The summed E-state index contributed by atoms with van der Waals surface area (Å²) in [5.41, 5.74) is 3.52. The standard InChI is InChI=1S/C24H29ClN4O2/c1-16-19(14-17-8-10-18(25)11-9-17)23(31-24(2,3)4)29-21(27-16)20(15-26-29)22(30)28-12-6-5-7-13-28/h8-11,15H,5-7,12-14H2,1-4H3. The van der Waals surface area contributed by atoms with Crippen molar-refractivity contribution < 1.29 is 9.53 Å². The quantitative estimate of drug-likeness (QED) is 0.567. The van der Waals surface area contributed by atoms with E-state index in [1.807, 2.05) is 56.9 Å². The minimum Gasteiger partial charge on any atom is -0.472 e. The average molecular weight is 441 g/mol. The first-order valence-corrected chi connectivity index (χ1v) is 11.2. The van der Waals surface area contributed by atoms with Gasteiger partial charge in [-0.3, -0.25) is 4.79 Å². The number of aromatic nitrogens is 3. The number of carbonyl (C=O) groups excluding carboxylic acids is 1. The van der Waals surface area contributed by atoms with Crippen molar-refractivity contribution in [2.24, 2.45) is 0 Å². The SMILES string of the molecule is Cc1nc2c(C(=O)N3CCCCC3)cnn2c(OC(C)(C)C)c1Cc1ccc(Cl)cc1. The highest BCUT2D eigenvalue weighted by molar-refractivity contribution is 6.30. The van der Waals surface area contributed by atoms with Gasteiger partial charge in [0.15, 0.2) is 5.65 Å². The summed E-state index contributed by atoms with van der Waals surface area (Å²) >= 11 is 6.05. The van der Waals surface area contributed by atoms with Crippen LogP contribution < -0.4 is 4.74 Å². The Morgan fingerprint density at radius 1 is 1.13 bits per heavy atom. The number of carbonyl (C=O) groups is 1. The van der Waals surface area contributed by atoms with Crippen LogP contribution in [0, 0.1) is 6.92 Å². The molecule has 1 fully saturated rings. The molecule has 3 aromatic rings. The molecule has 4 rings (SSSR count). The van der Waals surface area contributed by atoms with E-state index in [-0.39, 0.29) is 5.91 Å². The maximum absolute atomic E-state index is 13.2. The van der Waals surface area contributed by atoms with Gasteiger partial charge in [0, 0.05) is 35.8 Å². The van der Waals surface area contributed by atoms with Gasteiger partial charge in [-0.15, -0.1) is 0 Å². The largest absolute Gasteiger partial charge is 0.472 e. The first kappa shape index (κ1) is 21.6. The number of amides is 1. The van der Waals surface area contributed by atoms with Gasteiger partial charge in [0.1, 0.15) is 11.2 Å². The van der Waals surface area contributed by atoms with Crippen LogP contribution in [0.2, 0.25) is 5.02 Å². The Labute approximate surface area is 188 Å². The molecule has 1 aliphatic rings. The fourth-order valence-electron chi connectivity index (χ4n) is 3.93. The van der Waals surface area contributed by atoms with Gasteiger partial charge in [-0.05, 0) is 64.7 Å². The van der Waals surface area contributed by atoms with Crippen LogP contribution in [0.1, 0.15) is 67.2 Å². The Morgan fingerprint density at radius 2 is 1.81 bits per heavy atom. The van der Waals surface area contributed by atoms with E-state index in [1.165, 1.54) is 6.42 Å². The van der Waals surface area contributed by atoms with Crippen LogP contribution in [-0.2, 0) is 6.42 Å². The van der Waals surface area contributed by atoms with Crippen molar-refractivity contribution in [3.05, 3.63) is 57.9 Å². The monoisotopic (exact) mass is 440 g/mol. The molecule has 1 aliphatic heterocycles. The van der Waals surface area contributed by atoms with Gasteiger partial charge in [0.25, 0.3) is 5.91 Å². The lowest BCUT2D eigenvalue weighted by atomic mass is 10.0. The summed E-state index contributed by atoms with van der Waals surface area (Å²) < 4.78 is 8.05. The van der Waals surface area contributed by atoms with E-state index in [2.05, 4.69) is 5.10 Å². The smallest absolute Gasteiger partial charge is 0.259 e. The van der Waals surface area contributed by atoms with Crippen LogP contribution in [0.15, 0.2) is 30.5 Å². The Morgan fingerprint density at radius 3 is 2.45 bits per heavy atom. The maximum atomic E-state index is 13.2. The second kappa shape index (κ2) is 8.50. The number of fused-ring (bicyclic) bond motifs is 1. The van der Waals surface area contributed by atoms with Crippen LogP contribution in [0.5, 0.6) is 5.88 Å². The van der Waals surface area contributed by atoms with Gasteiger partial charge < -0.3 is 9.64 Å². The van der Waals surface area contributed by atoms with Crippen LogP contribution >= 0.6 is 11.6 Å². The predicted molar refractivity (Wildman–Crippen MR) is 122 cm³/mol. The summed E-state index contributed by atoms with van der Waals surface area (Å²) in [6.07, 6.45) is 5.52. The molecular weight excluding hydrogens is 412 g/mol. The third-order valence-corrected chi connectivity index (χ3v) is 5.73. The molecular formula is C24H29ClN4O2. The number of benzene rings is 1. The maximum Gasteiger partial charge on any atom is 0.259 e. The molecule has 1 saturated heterocycles. The molecule has 164 valence electrons. The number of piperidine rings is 1. The zero-order valence-corrected chi connectivity index (χ0v) is 19.4. The molecule has 1 amide bonds. The molecule has 7 heteroatoms. The molecule has 0 radical (unpaired) electrons. The van der Waals surface area contributed by atoms with Crippen molar-refractivity contribution in [1.82, 2.24) is 19.5 Å². The van der Waals surface area contributed by atoms with Gasteiger partial charge in [-0.2, -0.15) is 9.61 Å². The molecule has 0 saturated carbocycles. The van der Waals surface area contributed by atoms with Crippen molar-refractivity contribution in [2.75, 3.05) is 13.1 Å². The molecule has 0 spiro atoms. The average Bonchev–Trinajstić information content (AvgIpc) is 3.14. The van der Waals surface area contributed by atoms with Crippen molar-refractivity contribution in [3.8, 4) is 5.88 Å². The van der Waals surface area contributed by atoms with E-state index in [0.29, 0.717) is 28.5 Å². The first-order chi connectivity index (χ1) is 14.7. The van der Waals surface area contributed by atoms with E-state index in [4.69, 9.17) is 21.3 Å². The highest BCUT2D eigenvalue weighted by Gasteiger charge is 2.27. The Bertz CT molecular complexity index is 1090. The lowest BCUT2D eigenvalue weighted by Crippen LogP contribution is -2.35. The number of nitrogens with zero attached hydrogens (tertiary/aromatic N) is 4. The van der Waals surface area contributed by atoms with Crippen LogP contribution in [-0.4, -0.2) is 44.1 Å². The molecule has 2 aromatic heterocycles. The second-order valence-corrected chi connectivity index (χ2v) is 9.58. The predicted octanol–water partition coefficient (Wildman–Crippen LogP) is 5.09. The van der Waals surface area contributed by atoms with Gasteiger partial charge in [0.2, 0.25) is 5.88 Å². The summed E-state index contributed by atoms with van der Waals surface area (Å²) in [4.78, 5) is 19.9. The Hall–Kier alpha value is -2.60. The molecule has 0 atom stereocenters. The number of hydrogen-bond donors (Lipinski definition) is 0. The number of rotatable bonds is 4. The number of hydrogen-bond acceptors (Lipinski definition) is 4. The van der Waals surface area contributed by atoms with Crippen LogP contribution in [0.25, 0.3) is 5.65 Å². The third-order valence-electron chi connectivity index (χ3n) is 5.48. The van der Waals surface area contributed by atoms with Crippen molar-refractivity contribution in [3.63, 3.8) is 0 Å². The summed E-state index contributed by atoms with van der Waals surface area (Å²) in [6, 6.07) is 7.76. The first-order valence-electron chi connectivity index (χ1n) is 10.8. The van der Waals surface area contributed by atoms with Crippen molar-refractivity contribution in [1.29, 1.82) is 0 Å². The minimum atomic E-state index is -0.432. The molecule has 0 bridgehead atoms. The molecule has 0 unspecified atom stereocenters. The summed E-state index contributed by atoms with van der Waals surface area (Å²) in [7, 11) is 0. The normalized spacial score (nSPS) is 14.8. The third kappa shape index (κ3) is 4.69. The zero-order chi connectivity index (χ0) is 22.2. The molecule has 31 heavy (non-hydrogen) atoms. The fraction of sp³-hybridized carbons (Fsp3) is 0.458. The Balaban J connectivity index is 1.80. The van der Waals surface area contributed by atoms with E-state index in [0.717, 1.165) is 42.8 Å². The summed E-state index contributed by atoms with van der Waals surface area (Å²) in [5, 5.41) is 5.24. The highest BCUT2D eigenvalue weighted by Crippen LogP contribution is 2.30. The molecule has 0 N–H and O–H groups in total. The lowest BCUT2D eigenvalue weighted by molar-refractivity contribution is 0.0726. The molecule has 1 aromatic carbocycles. The van der Waals surface area contributed by atoms with E-state index < -0.39 is 5.60 Å².